The molecule has 2 N–H and O–H groups in total. The topological polar surface area (TPSA) is 73.7 Å². The molecule has 0 aromatic carbocycles. The van der Waals surface area contributed by atoms with Gasteiger partial charge < -0.3 is 15.1 Å². The fourth-order valence-corrected chi connectivity index (χ4v) is 2.45. The van der Waals surface area contributed by atoms with Crippen molar-refractivity contribution in [3.05, 3.63) is 24.0 Å². The Kier molecular flexibility index (Phi) is 3.81. The number of nitrogens with zero attached hydrogens (tertiary/aromatic N) is 2. The molecule has 5 heteroatoms. The van der Waals surface area contributed by atoms with Crippen LogP contribution in [0.15, 0.2) is 18.5 Å². The van der Waals surface area contributed by atoms with Gasteiger partial charge in [-0.15, -0.1) is 0 Å². The molecule has 1 fully saturated rings. The van der Waals surface area contributed by atoms with Crippen molar-refractivity contribution in [1.29, 1.82) is 0 Å². The molecule has 1 aliphatic heterocycles. The zero-order valence-electron chi connectivity index (χ0n) is 10.4. The molecule has 1 atom stereocenters. The van der Waals surface area contributed by atoms with Gasteiger partial charge in [0.25, 0.3) is 0 Å². The van der Waals surface area contributed by atoms with Crippen molar-refractivity contribution in [2.24, 2.45) is 5.92 Å². The number of aliphatic hydroxyl groups excluding tert-OH is 1. The first-order valence-electron chi connectivity index (χ1n) is 6.20. The summed E-state index contributed by atoms with van der Waals surface area (Å²) in [6.07, 6.45) is 4.49. The smallest absolute Gasteiger partial charge is 0.339 e. The summed E-state index contributed by atoms with van der Waals surface area (Å²) >= 11 is 0. The summed E-state index contributed by atoms with van der Waals surface area (Å²) in [4.78, 5) is 17.0. The molecule has 0 aliphatic carbocycles. The van der Waals surface area contributed by atoms with Crippen LogP contribution in [-0.2, 0) is 0 Å². The largest absolute Gasteiger partial charge is 0.478 e. The summed E-state index contributed by atoms with van der Waals surface area (Å²) in [5, 5.41) is 18.7. The Morgan fingerprint density at radius 3 is 2.72 bits per heavy atom. The third-order valence-electron chi connectivity index (χ3n) is 3.59. The number of piperidine rings is 1. The van der Waals surface area contributed by atoms with E-state index in [0.717, 1.165) is 31.6 Å². The van der Waals surface area contributed by atoms with Crippen molar-refractivity contribution in [2.75, 3.05) is 18.0 Å². The highest BCUT2D eigenvalue weighted by Gasteiger charge is 2.25. The molecule has 18 heavy (non-hydrogen) atoms. The maximum Gasteiger partial charge on any atom is 0.339 e. The molecule has 0 saturated carbocycles. The summed E-state index contributed by atoms with van der Waals surface area (Å²) in [5.74, 6) is -0.632. The van der Waals surface area contributed by atoms with E-state index in [1.165, 1.54) is 6.20 Å². The Balaban J connectivity index is 2.12. The van der Waals surface area contributed by atoms with Gasteiger partial charge in [0, 0.05) is 25.5 Å². The van der Waals surface area contributed by atoms with E-state index in [9.17, 15) is 9.90 Å². The third kappa shape index (κ3) is 2.61. The van der Waals surface area contributed by atoms with E-state index >= 15 is 0 Å². The zero-order chi connectivity index (χ0) is 13.1. The fourth-order valence-electron chi connectivity index (χ4n) is 2.45. The van der Waals surface area contributed by atoms with Gasteiger partial charge in [-0.3, -0.25) is 4.98 Å². The number of aliphatic hydroxyl groups is 1. The lowest BCUT2D eigenvalue weighted by Crippen LogP contribution is -2.37. The molecule has 2 heterocycles. The molecule has 0 spiro atoms. The highest BCUT2D eigenvalue weighted by Crippen LogP contribution is 2.27. The summed E-state index contributed by atoms with van der Waals surface area (Å²) in [5.41, 5.74) is 0.967. The zero-order valence-corrected chi connectivity index (χ0v) is 10.4. The van der Waals surface area contributed by atoms with Crippen LogP contribution in [-0.4, -0.2) is 40.4 Å². The SMILES string of the molecule is CC(O)C1CCN(c2ccncc2C(=O)O)CC1. The normalized spacial score (nSPS) is 18.7. The van der Waals surface area contributed by atoms with E-state index in [-0.39, 0.29) is 11.7 Å². The van der Waals surface area contributed by atoms with Crippen LogP contribution in [0.2, 0.25) is 0 Å². The van der Waals surface area contributed by atoms with Gasteiger partial charge in [-0.2, -0.15) is 0 Å². The molecular formula is C13H18N2O3. The summed E-state index contributed by atoms with van der Waals surface area (Å²) in [7, 11) is 0. The Hall–Kier alpha value is -1.62. The van der Waals surface area contributed by atoms with Crippen LogP contribution in [0.3, 0.4) is 0 Å². The van der Waals surface area contributed by atoms with Crippen molar-refractivity contribution < 1.29 is 15.0 Å². The Labute approximate surface area is 106 Å². The Morgan fingerprint density at radius 1 is 1.50 bits per heavy atom. The number of carboxylic acids is 1. The molecule has 1 unspecified atom stereocenters. The highest BCUT2D eigenvalue weighted by molar-refractivity contribution is 5.94. The second-order valence-electron chi connectivity index (χ2n) is 4.76. The van der Waals surface area contributed by atoms with Gasteiger partial charge in [0.2, 0.25) is 0 Å². The van der Waals surface area contributed by atoms with Crippen LogP contribution in [0.4, 0.5) is 5.69 Å². The molecule has 5 nitrogen and oxygen atoms in total. The van der Waals surface area contributed by atoms with Gasteiger partial charge in [0.15, 0.2) is 0 Å². The van der Waals surface area contributed by atoms with Crippen molar-refractivity contribution in [3.63, 3.8) is 0 Å². The predicted octanol–water partition coefficient (Wildman–Crippen LogP) is 1.38. The molecule has 1 aliphatic rings. The van der Waals surface area contributed by atoms with Crippen molar-refractivity contribution in [1.82, 2.24) is 4.98 Å². The first kappa shape index (κ1) is 12.8. The van der Waals surface area contributed by atoms with Gasteiger partial charge in [0.05, 0.1) is 11.8 Å². The monoisotopic (exact) mass is 250 g/mol. The van der Waals surface area contributed by atoms with Gasteiger partial charge in [-0.1, -0.05) is 0 Å². The average molecular weight is 250 g/mol. The standard InChI is InChI=1S/C13H18N2O3/c1-9(16)10-3-6-15(7-4-10)12-2-5-14-8-11(12)13(17)18/h2,5,8-10,16H,3-4,6-7H2,1H3,(H,17,18). The quantitative estimate of drug-likeness (QED) is 0.847. The first-order valence-corrected chi connectivity index (χ1v) is 6.20. The van der Waals surface area contributed by atoms with Crippen LogP contribution >= 0.6 is 0 Å². The first-order chi connectivity index (χ1) is 8.59. The fraction of sp³-hybridized carbons (Fsp3) is 0.538. The second-order valence-corrected chi connectivity index (χ2v) is 4.76. The lowest BCUT2D eigenvalue weighted by Gasteiger charge is -2.35. The minimum absolute atomic E-state index is 0.244. The molecule has 0 radical (unpaired) electrons. The van der Waals surface area contributed by atoms with Crippen molar-refractivity contribution >= 4 is 11.7 Å². The molecule has 0 amide bonds. The highest BCUT2D eigenvalue weighted by atomic mass is 16.4. The number of aromatic carboxylic acids is 1. The Bertz CT molecular complexity index is 426. The molecule has 0 bridgehead atoms. The molecule has 98 valence electrons. The van der Waals surface area contributed by atoms with Crippen LogP contribution in [0.25, 0.3) is 0 Å². The number of hydrogen-bond acceptors (Lipinski definition) is 4. The van der Waals surface area contributed by atoms with Gasteiger partial charge in [0.1, 0.15) is 5.56 Å². The summed E-state index contributed by atoms with van der Waals surface area (Å²) in [6.45, 7) is 3.37. The van der Waals surface area contributed by atoms with Gasteiger partial charge in [-0.25, -0.2) is 4.79 Å². The number of aromatic nitrogens is 1. The van der Waals surface area contributed by atoms with E-state index in [4.69, 9.17) is 5.11 Å². The summed E-state index contributed by atoms with van der Waals surface area (Å²) in [6, 6.07) is 1.74. The van der Waals surface area contributed by atoms with E-state index < -0.39 is 5.97 Å². The van der Waals surface area contributed by atoms with Crippen molar-refractivity contribution in [2.45, 2.75) is 25.9 Å². The van der Waals surface area contributed by atoms with E-state index in [2.05, 4.69) is 9.88 Å². The van der Waals surface area contributed by atoms with Gasteiger partial charge in [-0.05, 0) is 31.7 Å². The number of carboxylic acid groups (broad SMARTS) is 1. The average Bonchev–Trinajstić information content (AvgIpc) is 2.39. The molecule has 2 rings (SSSR count). The molecule has 1 aromatic heterocycles. The second kappa shape index (κ2) is 5.35. The number of hydrogen-bond donors (Lipinski definition) is 2. The predicted molar refractivity (Wildman–Crippen MR) is 67.8 cm³/mol. The molecule has 1 saturated heterocycles. The van der Waals surface area contributed by atoms with E-state index in [1.54, 1.807) is 12.3 Å². The molecule has 1 aromatic rings. The number of pyridine rings is 1. The third-order valence-corrected chi connectivity index (χ3v) is 3.59. The lowest BCUT2D eigenvalue weighted by molar-refractivity contribution is 0.0696. The van der Waals surface area contributed by atoms with Crippen molar-refractivity contribution in [3.8, 4) is 0 Å². The van der Waals surface area contributed by atoms with Crippen LogP contribution in [0.1, 0.15) is 30.1 Å². The maximum atomic E-state index is 11.1. The minimum Gasteiger partial charge on any atom is -0.478 e. The number of anilines is 1. The Morgan fingerprint density at radius 2 is 2.17 bits per heavy atom. The maximum absolute atomic E-state index is 11.1. The minimum atomic E-state index is -0.948. The summed E-state index contributed by atoms with van der Waals surface area (Å²) < 4.78 is 0. The number of rotatable bonds is 3. The lowest BCUT2D eigenvalue weighted by atomic mass is 9.92. The van der Waals surface area contributed by atoms with Gasteiger partial charge >= 0.3 is 5.97 Å². The van der Waals surface area contributed by atoms with E-state index in [0.29, 0.717) is 5.92 Å². The number of carbonyl (C=O) groups is 1. The van der Waals surface area contributed by atoms with Crippen LogP contribution in [0.5, 0.6) is 0 Å². The van der Waals surface area contributed by atoms with E-state index in [1.807, 2.05) is 6.92 Å². The van der Waals surface area contributed by atoms with Crippen LogP contribution in [0, 0.1) is 5.92 Å². The van der Waals surface area contributed by atoms with Crippen LogP contribution < -0.4 is 4.90 Å². The molecular weight excluding hydrogens is 232 g/mol.